The Balaban J connectivity index is 1.83. The Morgan fingerprint density at radius 2 is 1.81 bits per heavy atom. The van der Waals surface area contributed by atoms with Gasteiger partial charge in [0, 0.05) is 34.0 Å². The minimum Gasteiger partial charge on any atom is -0.503 e. The molecule has 2 aromatic carbocycles. The van der Waals surface area contributed by atoms with E-state index in [0.717, 1.165) is 39.9 Å². The summed E-state index contributed by atoms with van der Waals surface area (Å²) in [4.78, 5) is 3.07. The van der Waals surface area contributed by atoms with Gasteiger partial charge in [0.1, 0.15) is 0 Å². The van der Waals surface area contributed by atoms with Gasteiger partial charge in [-0.05, 0) is 23.8 Å². The molecule has 1 unspecified atom stereocenters. The zero-order valence-corrected chi connectivity index (χ0v) is 13.3. The Kier molecular flexibility index (Phi) is 3.00. The van der Waals surface area contributed by atoms with Crippen molar-refractivity contribution in [2.75, 3.05) is 5.32 Å². The summed E-state index contributed by atoms with van der Waals surface area (Å²) >= 11 is 0. The number of aromatic amines is 1. The summed E-state index contributed by atoms with van der Waals surface area (Å²) in [7, 11) is 0. The van der Waals surface area contributed by atoms with Gasteiger partial charge in [-0.1, -0.05) is 18.2 Å². The molecule has 0 spiro atoms. The zero-order valence-electron chi connectivity index (χ0n) is 13.3. The highest BCUT2D eigenvalue weighted by molar-refractivity contribution is 6.00. The Labute approximate surface area is 146 Å². The van der Waals surface area contributed by atoms with Gasteiger partial charge in [-0.25, -0.2) is 8.78 Å². The molecule has 0 saturated heterocycles. The molecular formula is C19H12F2N4O. The van der Waals surface area contributed by atoms with E-state index in [1.165, 1.54) is 0 Å². The molecule has 1 atom stereocenters. The Morgan fingerprint density at radius 3 is 2.62 bits per heavy atom. The van der Waals surface area contributed by atoms with Crippen LogP contribution in [0.2, 0.25) is 0 Å². The first kappa shape index (κ1) is 14.8. The van der Waals surface area contributed by atoms with Crippen molar-refractivity contribution in [1.82, 2.24) is 15.2 Å². The van der Waals surface area contributed by atoms with Gasteiger partial charge in [-0.3, -0.25) is 0 Å². The summed E-state index contributed by atoms with van der Waals surface area (Å²) in [6, 6.07) is 9.40. The number of halogens is 2. The van der Waals surface area contributed by atoms with Crippen LogP contribution in [-0.4, -0.2) is 20.3 Å². The highest BCUT2D eigenvalue weighted by atomic mass is 19.1. The number of aromatic hydroxyl groups is 1. The summed E-state index contributed by atoms with van der Waals surface area (Å²) in [5.41, 5.74) is 4.38. The van der Waals surface area contributed by atoms with E-state index >= 15 is 0 Å². The Hall–Kier alpha value is -3.48. The Morgan fingerprint density at radius 1 is 1.04 bits per heavy atom. The van der Waals surface area contributed by atoms with Crippen molar-refractivity contribution >= 4 is 16.7 Å². The summed E-state index contributed by atoms with van der Waals surface area (Å²) in [6.45, 7) is 0. The molecule has 0 bridgehead atoms. The summed E-state index contributed by atoms with van der Waals surface area (Å²) in [5.74, 6) is -2.98. The number of phenols is 1. The average Bonchev–Trinajstić information content (AvgIpc) is 3.01. The lowest BCUT2D eigenvalue weighted by molar-refractivity contribution is 0.395. The summed E-state index contributed by atoms with van der Waals surface area (Å²) in [5, 5.41) is 21.8. The van der Waals surface area contributed by atoms with E-state index in [1.54, 1.807) is 12.4 Å². The first-order valence-electron chi connectivity index (χ1n) is 8.00. The number of anilines is 1. The molecule has 26 heavy (non-hydrogen) atoms. The fourth-order valence-corrected chi connectivity index (χ4v) is 3.52. The van der Waals surface area contributed by atoms with Crippen LogP contribution in [0.4, 0.5) is 14.5 Å². The molecule has 5 rings (SSSR count). The molecular weight excluding hydrogens is 338 g/mol. The zero-order chi connectivity index (χ0) is 17.8. The van der Waals surface area contributed by atoms with Crippen molar-refractivity contribution in [3.05, 3.63) is 71.6 Å². The van der Waals surface area contributed by atoms with Crippen molar-refractivity contribution < 1.29 is 13.9 Å². The van der Waals surface area contributed by atoms with Gasteiger partial charge in [-0.2, -0.15) is 5.10 Å². The summed E-state index contributed by atoms with van der Waals surface area (Å²) < 4.78 is 27.9. The molecule has 5 nitrogen and oxygen atoms in total. The van der Waals surface area contributed by atoms with Crippen LogP contribution in [0.25, 0.3) is 22.2 Å². The lowest BCUT2D eigenvalue weighted by atomic mass is 9.97. The molecule has 0 radical (unpaired) electrons. The average molecular weight is 350 g/mol. The molecule has 7 heteroatoms. The molecule has 0 fully saturated rings. The van der Waals surface area contributed by atoms with Gasteiger partial charge in [-0.15, -0.1) is 5.10 Å². The minimum absolute atomic E-state index is 0.359. The number of rotatable bonds is 1. The number of H-pyrrole nitrogens is 1. The molecule has 1 aliphatic rings. The number of fused-ring (bicyclic) bond motifs is 2. The second-order valence-electron chi connectivity index (χ2n) is 6.18. The van der Waals surface area contributed by atoms with E-state index < -0.39 is 23.4 Å². The number of aromatic nitrogens is 3. The largest absolute Gasteiger partial charge is 0.503 e. The highest BCUT2D eigenvalue weighted by Gasteiger charge is 2.27. The van der Waals surface area contributed by atoms with E-state index in [4.69, 9.17) is 0 Å². The number of benzene rings is 2. The van der Waals surface area contributed by atoms with Gasteiger partial charge in [0.15, 0.2) is 23.0 Å². The van der Waals surface area contributed by atoms with E-state index in [-0.39, 0.29) is 0 Å². The number of hydrogen-bond acceptors (Lipinski definition) is 4. The molecule has 0 saturated carbocycles. The second-order valence-corrected chi connectivity index (χ2v) is 6.18. The first-order chi connectivity index (χ1) is 12.6. The quantitative estimate of drug-likeness (QED) is 0.483. The second kappa shape index (κ2) is 5.26. The molecule has 3 N–H and O–H groups in total. The highest BCUT2D eigenvalue weighted by Crippen LogP contribution is 2.43. The molecule has 3 heterocycles. The van der Waals surface area contributed by atoms with E-state index in [0.29, 0.717) is 11.2 Å². The van der Waals surface area contributed by atoms with Crippen LogP contribution in [0, 0.1) is 11.6 Å². The molecule has 0 amide bonds. The van der Waals surface area contributed by atoms with E-state index in [1.807, 2.05) is 24.3 Å². The fraction of sp³-hybridized carbons (Fsp3) is 0.0526. The van der Waals surface area contributed by atoms with Gasteiger partial charge >= 0.3 is 0 Å². The van der Waals surface area contributed by atoms with Crippen LogP contribution in [0.5, 0.6) is 5.75 Å². The number of nitrogens with zero attached hydrogens (tertiary/aromatic N) is 2. The van der Waals surface area contributed by atoms with Gasteiger partial charge < -0.3 is 15.4 Å². The maximum Gasteiger partial charge on any atom is 0.187 e. The third-order valence-electron chi connectivity index (χ3n) is 4.70. The third-order valence-corrected chi connectivity index (χ3v) is 4.70. The van der Waals surface area contributed by atoms with Crippen LogP contribution in [0.1, 0.15) is 17.2 Å². The van der Waals surface area contributed by atoms with Gasteiger partial charge in [0.25, 0.3) is 0 Å². The number of nitrogens with one attached hydrogen (secondary N) is 2. The molecule has 4 aromatic rings. The topological polar surface area (TPSA) is 73.8 Å². The van der Waals surface area contributed by atoms with Crippen molar-refractivity contribution in [3.8, 4) is 16.9 Å². The van der Waals surface area contributed by atoms with Crippen LogP contribution in [0.3, 0.4) is 0 Å². The van der Waals surface area contributed by atoms with Crippen molar-refractivity contribution in [1.29, 1.82) is 0 Å². The van der Waals surface area contributed by atoms with Crippen LogP contribution in [0.15, 0.2) is 48.8 Å². The number of hydrogen-bond donors (Lipinski definition) is 3. The van der Waals surface area contributed by atoms with Crippen molar-refractivity contribution in [2.45, 2.75) is 6.04 Å². The molecule has 2 aromatic heterocycles. The predicted molar refractivity (Wildman–Crippen MR) is 92.8 cm³/mol. The lowest BCUT2D eigenvalue weighted by Crippen LogP contribution is -2.12. The van der Waals surface area contributed by atoms with Crippen LogP contribution in [-0.2, 0) is 0 Å². The van der Waals surface area contributed by atoms with Crippen LogP contribution < -0.4 is 5.32 Å². The minimum atomic E-state index is -1.00. The fourth-order valence-electron chi connectivity index (χ4n) is 3.52. The summed E-state index contributed by atoms with van der Waals surface area (Å²) in [6.07, 6.45) is 3.44. The maximum absolute atomic E-state index is 14.0. The SMILES string of the molecule is Oc1c(F)cc(C2Nc3ccccc3-c3cnnc4[nH]cc2c34)cc1F. The molecule has 1 aliphatic heterocycles. The predicted octanol–water partition coefficient (Wildman–Crippen LogP) is 4.12. The maximum atomic E-state index is 14.0. The molecule has 0 aliphatic carbocycles. The van der Waals surface area contributed by atoms with Crippen molar-refractivity contribution in [3.63, 3.8) is 0 Å². The van der Waals surface area contributed by atoms with Crippen molar-refractivity contribution in [2.24, 2.45) is 0 Å². The first-order valence-corrected chi connectivity index (χ1v) is 8.00. The van der Waals surface area contributed by atoms with E-state index in [2.05, 4.69) is 20.5 Å². The molecule has 128 valence electrons. The normalized spacial score (nSPS) is 15.4. The van der Waals surface area contributed by atoms with E-state index in [9.17, 15) is 13.9 Å². The third kappa shape index (κ3) is 2.00. The van der Waals surface area contributed by atoms with Crippen LogP contribution >= 0.6 is 0 Å². The smallest absolute Gasteiger partial charge is 0.187 e. The van der Waals surface area contributed by atoms with Gasteiger partial charge in [0.2, 0.25) is 0 Å². The Bertz CT molecular complexity index is 1150. The monoisotopic (exact) mass is 350 g/mol. The van der Waals surface area contributed by atoms with Gasteiger partial charge in [0.05, 0.1) is 12.2 Å². The standard InChI is InChI=1S/C19H12F2N4O/c20-13-5-9(6-14(21)18(13)26)17-12-7-22-19-16(12)11(8-23-25-19)10-3-1-2-4-15(10)24-17/h1-8,17,24,26H,(H,22,25). The number of para-hydroxylation sites is 1. The number of phenolic OH excluding ortho intramolecular Hbond substituents is 1. The lowest BCUT2D eigenvalue weighted by Gasteiger charge is -2.20.